The molecule has 5 nitrogen and oxygen atoms in total. The number of benzene rings is 1. The Balaban J connectivity index is 3.11. The highest BCUT2D eigenvalue weighted by Gasteiger charge is 2.19. The maximum atomic E-state index is 13.1. The SMILES string of the molecule is Cc1cc(F)c(N)cc1S(=O)(=O)NCC(C)O. The van der Waals surface area contributed by atoms with Crippen LogP contribution in [0.2, 0.25) is 0 Å². The van der Waals surface area contributed by atoms with Crippen molar-refractivity contribution in [2.45, 2.75) is 24.8 Å². The minimum Gasteiger partial charge on any atom is -0.396 e. The standard InChI is InChI=1S/C10H15FN2O3S/c1-6-3-8(11)9(12)4-10(6)17(15,16)13-5-7(2)14/h3-4,7,13-14H,5,12H2,1-2H3. The number of aliphatic hydroxyl groups is 1. The Morgan fingerprint density at radius 1 is 1.53 bits per heavy atom. The Hall–Kier alpha value is -1.18. The molecular formula is C10H15FN2O3S. The molecule has 1 aromatic rings. The molecule has 0 heterocycles. The van der Waals surface area contributed by atoms with Gasteiger partial charge in [-0.05, 0) is 31.5 Å². The number of hydrogen-bond acceptors (Lipinski definition) is 4. The Bertz CT molecular complexity index is 515. The number of rotatable bonds is 4. The number of halogens is 1. The van der Waals surface area contributed by atoms with Crippen molar-refractivity contribution in [3.8, 4) is 0 Å². The van der Waals surface area contributed by atoms with E-state index in [1.807, 2.05) is 0 Å². The average molecular weight is 262 g/mol. The summed E-state index contributed by atoms with van der Waals surface area (Å²) < 4.78 is 38.9. The summed E-state index contributed by atoms with van der Waals surface area (Å²) in [4.78, 5) is -0.0861. The van der Waals surface area contributed by atoms with Gasteiger partial charge in [0.2, 0.25) is 10.0 Å². The molecule has 0 spiro atoms. The number of nitrogens with two attached hydrogens (primary N) is 1. The first kappa shape index (κ1) is 13.9. The van der Waals surface area contributed by atoms with Gasteiger partial charge in [-0.25, -0.2) is 17.5 Å². The van der Waals surface area contributed by atoms with Crippen LogP contribution in [0.25, 0.3) is 0 Å². The van der Waals surface area contributed by atoms with Gasteiger partial charge in [0.05, 0.1) is 16.7 Å². The highest BCUT2D eigenvalue weighted by molar-refractivity contribution is 7.89. The van der Waals surface area contributed by atoms with Crippen molar-refractivity contribution in [1.29, 1.82) is 0 Å². The first-order valence-corrected chi connectivity index (χ1v) is 6.45. The van der Waals surface area contributed by atoms with Gasteiger partial charge >= 0.3 is 0 Å². The highest BCUT2D eigenvalue weighted by atomic mass is 32.2. The lowest BCUT2D eigenvalue weighted by Crippen LogP contribution is -2.31. The number of anilines is 1. The fourth-order valence-electron chi connectivity index (χ4n) is 1.27. The predicted octanol–water partition coefficient (Wildman–Crippen LogP) is 0.375. The van der Waals surface area contributed by atoms with E-state index >= 15 is 0 Å². The van der Waals surface area contributed by atoms with E-state index in [1.54, 1.807) is 0 Å². The van der Waals surface area contributed by atoms with Crippen LogP contribution in [0.5, 0.6) is 0 Å². The smallest absolute Gasteiger partial charge is 0.240 e. The quantitative estimate of drug-likeness (QED) is 0.684. The third-order valence-corrected chi connectivity index (χ3v) is 3.72. The lowest BCUT2D eigenvalue weighted by molar-refractivity contribution is 0.198. The molecule has 1 aromatic carbocycles. The van der Waals surface area contributed by atoms with Crippen LogP contribution in [-0.2, 0) is 10.0 Å². The minimum absolute atomic E-state index is 0.0861. The summed E-state index contributed by atoms with van der Waals surface area (Å²) >= 11 is 0. The summed E-state index contributed by atoms with van der Waals surface area (Å²) in [5.41, 5.74) is 5.36. The van der Waals surface area contributed by atoms with E-state index in [9.17, 15) is 12.8 Å². The Morgan fingerprint density at radius 2 is 2.12 bits per heavy atom. The summed E-state index contributed by atoms with van der Waals surface area (Å²) in [6, 6.07) is 2.13. The molecule has 0 aliphatic heterocycles. The van der Waals surface area contributed by atoms with E-state index in [1.165, 1.54) is 13.8 Å². The third-order valence-electron chi connectivity index (χ3n) is 2.15. The molecule has 0 radical (unpaired) electrons. The molecule has 17 heavy (non-hydrogen) atoms. The zero-order valence-electron chi connectivity index (χ0n) is 9.57. The van der Waals surface area contributed by atoms with E-state index < -0.39 is 21.9 Å². The topological polar surface area (TPSA) is 92.4 Å². The van der Waals surface area contributed by atoms with Gasteiger partial charge in [0.1, 0.15) is 5.82 Å². The average Bonchev–Trinajstić information content (AvgIpc) is 2.20. The number of aliphatic hydroxyl groups excluding tert-OH is 1. The molecule has 1 unspecified atom stereocenters. The van der Waals surface area contributed by atoms with E-state index in [4.69, 9.17) is 10.8 Å². The van der Waals surface area contributed by atoms with E-state index in [-0.39, 0.29) is 22.7 Å². The highest BCUT2D eigenvalue weighted by Crippen LogP contribution is 2.21. The number of nitrogen functional groups attached to an aromatic ring is 1. The number of hydrogen-bond donors (Lipinski definition) is 3. The lowest BCUT2D eigenvalue weighted by atomic mass is 10.2. The molecule has 0 aliphatic rings. The summed E-state index contributed by atoms with van der Waals surface area (Å²) in [6.45, 7) is 2.81. The molecule has 7 heteroatoms. The summed E-state index contributed by atoms with van der Waals surface area (Å²) in [5, 5.41) is 9.02. The van der Waals surface area contributed by atoms with E-state index in [2.05, 4.69) is 4.72 Å². The van der Waals surface area contributed by atoms with E-state index in [0.29, 0.717) is 0 Å². The predicted molar refractivity (Wildman–Crippen MR) is 62.4 cm³/mol. The maximum absolute atomic E-state index is 13.1. The lowest BCUT2D eigenvalue weighted by Gasteiger charge is -2.11. The maximum Gasteiger partial charge on any atom is 0.240 e. The molecule has 0 aliphatic carbocycles. The van der Waals surface area contributed by atoms with Crippen LogP contribution < -0.4 is 10.5 Å². The molecule has 0 aromatic heterocycles. The molecule has 1 atom stereocenters. The van der Waals surface area contributed by atoms with Gasteiger partial charge in [-0.15, -0.1) is 0 Å². The van der Waals surface area contributed by atoms with Crippen LogP contribution in [0, 0.1) is 12.7 Å². The second-order valence-corrected chi connectivity index (χ2v) is 5.58. The minimum atomic E-state index is -3.78. The second kappa shape index (κ2) is 4.99. The van der Waals surface area contributed by atoms with Crippen molar-refractivity contribution < 1.29 is 17.9 Å². The van der Waals surface area contributed by atoms with Crippen LogP contribution in [0.1, 0.15) is 12.5 Å². The third kappa shape index (κ3) is 3.39. The van der Waals surface area contributed by atoms with Gasteiger partial charge in [0.25, 0.3) is 0 Å². The van der Waals surface area contributed by atoms with Gasteiger partial charge in [-0.2, -0.15) is 0 Å². The molecule has 0 saturated carbocycles. The van der Waals surface area contributed by atoms with Gasteiger partial charge in [0.15, 0.2) is 0 Å². The largest absolute Gasteiger partial charge is 0.396 e. The zero-order chi connectivity index (χ0) is 13.2. The summed E-state index contributed by atoms with van der Waals surface area (Å²) in [6.07, 6.45) is -0.803. The van der Waals surface area contributed by atoms with Crippen LogP contribution >= 0.6 is 0 Å². The second-order valence-electron chi connectivity index (χ2n) is 3.84. The fraction of sp³-hybridized carbons (Fsp3) is 0.400. The van der Waals surface area contributed by atoms with Crippen LogP contribution in [0.15, 0.2) is 17.0 Å². The van der Waals surface area contributed by atoms with Crippen molar-refractivity contribution in [2.75, 3.05) is 12.3 Å². The zero-order valence-corrected chi connectivity index (χ0v) is 10.4. The van der Waals surface area contributed by atoms with Gasteiger partial charge in [-0.3, -0.25) is 0 Å². The molecule has 0 bridgehead atoms. The van der Waals surface area contributed by atoms with Crippen LogP contribution in [0.4, 0.5) is 10.1 Å². The number of aryl methyl sites for hydroxylation is 1. The Morgan fingerprint density at radius 3 is 2.65 bits per heavy atom. The summed E-state index contributed by atoms with van der Waals surface area (Å²) in [5.74, 6) is -0.656. The van der Waals surface area contributed by atoms with E-state index in [0.717, 1.165) is 12.1 Å². The number of nitrogens with one attached hydrogen (secondary N) is 1. The fourth-order valence-corrected chi connectivity index (χ4v) is 2.65. The monoisotopic (exact) mass is 262 g/mol. The Labute approximate surface area is 99.5 Å². The number of sulfonamides is 1. The van der Waals surface area contributed by atoms with Crippen molar-refractivity contribution in [2.24, 2.45) is 0 Å². The Kier molecular flexibility index (Phi) is 4.07. The normalized spacial score (nSPS) is 13.6. The first-order valence-electron chi connectivity index (χ1n) is 4.97. The molecule has 0 amide bonds. The van der Waals surface area contributed by atoms with Crippen molar-refractivity contribution in [3.05, 3.63) is 23.5 Å². The molecule has 1 rings (SSSR count). The summed E-state index contributed by atoms with van der Waals surface area (Å²) in [7, 11) is -3.78. The van der Waals surface area contributed by atoms with Crippen molar-refractivity contribution >= 4 is 15.7 Å². The molecule has 0 fully saturated rings. The van der Waals surface area contributed by atoms with Gasteiger partial charge in [0, 0.05) is 6.54 Å². The van der Waals surface area contributed by atoms with Crippen LogP contribution in [-0.4, -0.2) is 26.2 Å². The molecule has 96 valence electrons. The van der Waals surface area contributed by atoms with Crippen molar-refractivity contribution in [3.63, 3.8) is 0 Å². The molecule has 0 saturated heterocycles. The van der Waals surface area contributed by atoms with Crippen LogP contribution in [0.3, 0.4) is 0 Å². The first-order chi connectivity index (χ1) is 7.74. The van der Waals surface area contributed by atoms with Gasteiger partial charge in [-0.1, -0.05) is 0 Å². The van der Waals surface area contributed by atoms with Gasteiger partial charge < -0.3 is 10.8 Å². The molecular weight excluding hydrogens is 247 g/mol. The molecule has 4 N–H and O–H groups in total. The van der Waals surface area contributed by atoms with Crippen molar-refractivity contribution in [1.82, 2.24) is 4.72 Å².